The average Bonchev–Trinajstić information content (AvgIpc) is 2.88. The Morgan fingerprint density at radius 1 is 1.03 bits per heavy atom. The van der Waals surface area contributed by atoms with E-state index in [1.54, 1.807) is 16.7 Å². The number of halogens is 1. The highest BCUT2D eigenvalue weighted by atomic mass is 35.5. The van der Waals surface area contributed by atoms with Crippen molar-refractivity contribution < 1.29 is 14.7 Å². The van der Waals surface area contributed by atoms with E-state index >= 15 is 0 Å². The van der Waals surface area contributed by atoms with Gasteiger partial charge in [0.2, 0.25) is 5.91 Å². The first kappa shape index (κ1) is 20.3. The van der Waals surface area contributed by atoms with Crippen molar-refractivity contribution >= 4 is 35.2 Å². The highest BCUT2D eigenvalue weighted by Crippen LogP contribution is 2.43. The molecule has 4 rings (SSSR count). The summed E-state index contributed by atoms with van der Waals surface area (Å²) in [6.07, 6.45) is 0.867. The van der Waals surface area contributed by atoms with E-state index in [2.05, 4.69) is 41.3 Å². The number of hydrogen-bond donors (Lipinski definition) is 1. The summed E-state index contributed by atoms with van der Waals surface area (Å²) < 4.78 is 0. The van der Waals surface area contributed by atoms with Gasteiger partial charge in [0.15, 0.2) is 0 Å². The standard InChI is InChI=1S/C22H23ClN2O3S/c23-16-5-6-20-17(14-16)18(13-15-3-1-2-4-19(15)29-20)24-9-11-25(12-10-24)21(26)7-8-22(27)28/h1-6,14,18H,7-13H2,(H,27,28). The van der Waals surface area contributed by atoms with Gasteiger partial charge in [0, 0.05) is 53.5 Å². The zero-order valence-electron chi connectivity index (χ0n) is 16.0. The number of hydrogen-bond acceptors (Lipinski definition) is 4. The van der Waals surface area contributed by atoms with Gasteiger partial charge in [-0.25, -0.2) is 0 Å². The molecule has 7 heteroatoms. The maximum absolute atomic E-state index is 12.3. The van der Waals surface area contributed by atoms with Crippen LogP contribution in [0.3, 0.4) is 0 Å². The van der Waals surface area contributed by atoms with E-state index in [4.69, 9.17) is 16.7 Å². The van der Waals surface area contributed by atoms with Crippen LogP contribution in [0.4, 0.5) is 0 Å². The molecule has 2 heterocycles. The van der Waals surface area contributed by atoms with Crippen LogP contribution < -0.4 is 0 Å². The van der Waals surface area contributed by atoms with E-state index in [9.17, 15) is 9.59 Å². The fourth-order valence-corrected chi connectivity index (χ4v) is 5.36. The van der Waals surface area contributed by atoms with Gasteiger partial charge >= 0.3 is 5.97 Å². The van der Waals surface area contributed by atoms with Crippen molar-refractivity contribution in [2.24, 2.45) is 0 Å². The van der Waals surface area contributed by atoms with Gasteiger partial charge in [0.05, 0.1) is 6.42 Å². The number of carbonyl (C=O) groups excluding carboxylic acids is 1. The summed E-state index contributed by atoms with van der Waals surface area (Å²) in [5, 5.41) is 9.54. The average molecular weight is 431 g/mol. The third-order valence-corrected chi connectivity index (χ3v) is 7.04. The van der Waals surface area contributed by atoms with Crippen LogP contribution in [0.5, 0.6) is 0 Å². The zero-order valence-corrected chi connectivity index (χ0v) is 17.6. The molecule has 0 radical (unpaired) electrons. The molecule has 2 aliphatic heterocycles. The number of carboxylic acid groups (broad SMARTS) is 1. The predicted octanol–water partition coefficient (Wildman–Crippen LogP) is 4.10. The number of amides is 1. The van der Waals surface area contributed by atoms with Gasteiger partial charge in [-0.2, -0.15) is 0 Å². The summed E-state index contributed by atoms with van der Waals surface area (Å²) in [4.78, 5) is 29.7. The van der Waals surface area contributed by atoms with Crippen LogP contribution in [0.15, 0.2) is 52.3 Å². The van der Waals surface area contributed by atoms with Crippen LogP contribution in [0.1, 0.15) is 30.0 Å². The molecule has 0 bridgehead atoms. The van der Waals surface area contributed by atoms with Crippen molar-refractivity contribution in [2.45, 2.75) is 35.1 Å². The normalized spacial score (nSPS) is 19.2. The number of carbonyl (C=O) groups is 2. The highest BCUT2D eigenvalue weighted by Gasteiger charge is 2.31. The Hall–Kier alpha value is -2.02. The summed E-state index contributed by atoms with van der Waals surface area (Å²) in [5.74, 6) is -1.00. The van der Waals surface area contributed by atoms with E-state index < -0.39 is 5.97 Å². The quantitative estimate of drug-likeness (QED) is 0.791. The molecular weight excluding hydrogens is 408 g/mol. The summed E-state index contributed by atoms with van der Waals surface area (Å²) in [7, 11) is 0. The number of fused-ring (bicyclic) bond motifs is 2. The predicted molar refractivity (Wildman–Crippen MR) is 113 cm³/mol. The van der Waals surface area contributed by atoms with E-state index in [-0.39, 0.29) is 24.8 Å². The Labute approximate surface area is 179 Å². The third-order valence-electron chi connectivity index (χ3n) is 5.60. The number of piperazine rings is 1. The van der Waals surface area contributed by atoms with Gasteiger partial charge in [0.25, 0.3) is 0 Å². The van der Waals surface area contributed by atoms with Crippen molar-refractivity contribution in [2.75, 3.05) is 26.2 Å². The SMILES string of the molecule is O=C(O)CCC(=O)N1CCN(C2Cc3ccccc3Sc3ccc(Cl)cc32)CC1. The Morgan fingerprint density at radius 3 is 2.55 bits per heavy atom. The Bertz CT molecular complexity index is 928. The van der Waals surface area contributed by atoms with Crippen molar-refractivity contribution in [1.29, 1.82) is 0 Å². The topological polar surface area (TPSA) is 60.9 Å². The van der Waals surface area contributed by atoms with E-state index in [1.807, 2.05) is 6.07 Å². The fraction of sp³-hybridized carbons (Fsp3) is 0.364. The van der Waals surface area contributed by atoms with Crippen molar-refractivity contribution in [3.05, 3.63) is 58.6 Å². The molecule has 1 unspecified atom stereocenters. The highest BCUT2D eigenvalue weighted by molar-refractivity contribution is 7.99. The zero-order chi connectivity index (χ0) is 20.4. The number of nitrogens with zero attached hydrogens (tertiary/aromatic N) is 2. The molecule has 152 valence electrons. The monoisotopic (exact) mass is 430 g/mol. The van der Waals surface area contributed by atoms with Crippen molar-refractivity contribution in [3.8, 4) is 0 Å². The minimum atomic E-state index is -0.930. The molecule has 0 spiro atoms. The lowest BCUT2D eigenvalue weighted by Crippen LogP contribution is -2.50. The maximum Gasteiger partial charge on any atom is 0.303 e. The largest absolute Gasteiger partial charge is 0.481 e. The molecule has 0 aromatic heterocycles. The van der Waals surface area contributed by atoms with Crippen molar-refractivity contribution in [1.82, 2.24) is 9.80 Å². The Kier molecular flexibility index (Phi) is 6.13. The second-order valence-electron chi connectivity index (χ2n) is 7.42. The lowest BCUT2D eigenvalue weighted by atomic mass is 9.96. The van der Waals surface area contributed by atoms with Gasteiger partial charge in [-0.15, -0.1) is 0 Å². The molecule has 2 aromatic carbocycles. The maximum atomic E-state index is 12.3. The van der Waals surface area contributed by atoms with Gasteiger partial charge in [-0.1, -0.05) is 41.6 Å². The van der Waals surface area contributed by atoms with E-state index in [0.29, 0.717) is 13.1 Å². The minimum absolute atomic E-state index is 0.0707. The van der Waals surface area contributed by atoms with Gasteiger partial charge in [-0.05, 0) is 41.8 Å². The number of carboxylic acids is 1. The second kappa shape index (κ2) is 8.78. The van der Waals surface area contributed by atoms with Crippen LogP contribution in [-0.2, 0) is 16.0 Å². The second-order valence-corrected chi connectivity index (χ2v) is 8.94. The first-order chi connectivity index (χ1) is 14.0. The molecular formula is C22H23ClN2O3S. The smallest absolute Gasteiger partial charge is 0.303 e. The Morgan fingerprint density at radius 2 is 1.79 bits per heavy atom. The molecule has 1 atom stereocenters. The molecule has 2 aliphatic rings. The van der Waals surface area contributed by atoms with Crippen LogP contribution in [0, 0.1) is 0 Å². The van der Waals surface area contributed by atoms with Crippen molar-refractivity contribution in [3.63, 3.8) is 0 Å². The minimum Gasteiger partial charge on any atom is -0.481 e. The fourth-order valence-electron chi connectivity index (χ4n) is 4.06. The molecule has 5 nitrogen and oxygen atoms in total. The summed E-state index contributed by atoms with van der Waals surface area (Å²) in [5.41, 5.74) is 2.57. The number of benzene rings is 2. The van der Waals surface area contributed by atoms with E-state index in [1.165, 1.54) is 20.9 Å². The lowest BCUT2D eigenvalue weighted by Gasteiger charge is -2.39. The molecule has 1 N–H and O–H groups in total. The summed E-state index contributed by atoms with van der Waals surface area (Å²) in [6.45, 7) is 2.78. The van der Waals surface area contributed by atoms with Crippen LogP contribution in [0.25, 0.3) is 0 Å². The number of rotatable bonds is 4. The van der Waals surface area contributed by atoms with Gasteiger partial charge < -0.3 is 10.0 Å². The summed E-state index contributed by atoms with van der Waals surface area (Å²) >= 11 is 8.13. The first-order valence-electron chi connectivity index (χ1n) is 9.80. The lowest BCUT2D eigenvalue weighted by molar-refractivity contribution is -0.141. The molecule has 29 heavy (non-hydrogen) atoms. The Balaban J connectivity index is 1.53. The summed E-state index contributed by atoms with van der Waals surface area (Å²) in [6, 6.07) is 14.8. The molecule has 0 saturated carbocycles. The number of aliphatic carboxylic acids is 1. The third kappa shape index (κ3) is 4.60. The molecule has 0 aliphatic carbocycles. The van der Waals surface area contributed by atoms with E-state index in [0.717, 1.165) is 24.5 Å². The van der Waals surface area contributed by atoms with Gasteiger partial charge in [0.1, 0.15) is 0 Å². The van der Waals surface area contributed by atoms with Crippen LogP contribution in [0.2, 0.25) is 5.02 Å². The molecule has 1 fully saturated rings. The van der Waals surface area contributed by atoms with Gasteiger partial charge in [-0.3, -0.25) is 14.5 Å². The van der Waals surface area contributed by atoms with Crippen LogP contribution >= 0.6 is 23.4 Å². The first-order valence-corrected chi connectivity index (χ1v) is 11.0. The van der Waals surface area contributed by atoms with Crippen LogP contribution in [-0.4, -0.2) is 53.0 Å². The molecule has 1 saturated heterocycles. The molecule has 1 amide bonds. The molecule has 2 aromatic rings.